The molecule has 3 amide bonds. The Bertz CT molecular complexity index is 1340. The summed E-state index contributed by atoms with van der Waals surface area (Å²) in [5, 5.41) is 15.6. The van der Waals surface area contributed by atoms with Crippen LogP contribution in [0.15, 0.2) is 53.0 Å². The molecule has 0 aliphatic carbocycles. The Hall–Kier alpha value is -3.93. The van der Waals surface area contributed by atoms with Gasteiger partial charge in [-0.1, -0.05) is 12.1 Å². The fourth-order valence-corrected chi connectivity index (χ4v) is 4.14. The maximum Gasteiger partial charge on any atom is 0.325 e. The molecule has 1 aromatic carbocycles. The summed E-state index contributed by atoms with van der Waals surface area (Å²) in [5.74, 6) is -0.436. The summed E-state index contributed by atoms with van der Waals surface area (Å²) < 4.78 is 2.87. The molecule has 0 bridgehead atoms. The monoisotopic (exact) mass is 422 g/mol. The van der Waals surface area contributed by atoms with Gasteiger partial charge in [0.05, 0.1) is 17.9 Å². The molecule has 30 heavy (non-hydrogen) atoms. The average molecular weight is 422 g/mol. The Kier molecular flexibility index (Phi) is 3.96. The van der Waals surface area contributed by atoms with E-state index in [1.54, 1.807) is 42.8 Å². The number of fused-ring (bicyclic) bond motifs is 1. The maximum atomic E-state index is 13.2. The number of nitrogens with zero attached hydrogens (tertiary/aromatic N) is 7. The number of carbonyl (C=O) groups excluding carboxylic acids is 2. The minimum atomic E-state index is -1.27. The van der Waals surface area contributed by atoms with Gasteiger partial charge in [0.15, 0.2) is 4.96 Å². The highest BCUT2D eigenvalue weighted by molar-refractivity contribution is 7.15. The molecule has 4 aromatic rings. The summed E-state index contributed by atoms with van der Waals surface area (Å²) in [4.78, 5) is 44.0. The van der Waals surface area contributed by atoms with Gasteiger partial charge in [-0.2, -0.15) is 0 Å². The van der Waals surface area contributed by atoms with Crippen molar-refractivity contribution in [3.05, 3.63) is 69.8 Å². The van der Waals surface area contributed by atoms with Crippen LogP contribution in [0.5, 0.6) is 0 Å². The van der Waals surface area contributed by atoms with E-state index in [1.165, 1.54) is 32.8 Å². The summed E-state index contributed by atoms with van der Waals surface area (Å²) in [6, 6.07) is 7.80. The fourth-order valence-electron chi connectivity index (χ4n) is 3.41. The summed E-state index contributed by atoms with van der Waals surface area (Å²) in [5.41, 5.74) is 0.0383. The van der Waals surface area contributed by atoms with Crippen molar-refractivity contribution in [3.63, 3.8) is 0 Å². The van der Waals surface area contributed by atoms with Crippen LogP contribution in [0.2, 0.25) is 0 Å². The van der Waals surface area contributed by atoms with Crippen LogP contribution in [-0.2, 0) is 16.9 Å². The second-order valence-electron chi connectivity index (χ2n) is 6.89. The summed E-state index contributed by atoms with van der Waals surface area (Å²) >= 11 is 1.30. The second kappa shape index (κ2) is 6.56. The standard InChI is InChI=1S/C18H14N8O3S/c1-18(11-3-2-4-13(7-11)26-10-19-22-23-26)15(28)25(16(29)21-18)9-12-8-14(27)24-5-6-30-17(24)20-12/h2-8,10H,9H2,1H3,(H,21,29). The first-order valence-corrected chi connectivity index (χ1v) is 9.77. The molecule has 1 N–H and O–H groups in total. The molecule has 1 atom stereocenters. The fraction of sp³-hybridized carbons (Fsp3) is 0.167. The van der Waals surface area contributed by atoms with Crippen LogP contribution in [0.25, 0.3) is 10.6 Å². The van der Waals surface area contributed by atoms with E-state index in [0.717, 1.165) is 4.90 Å². The Morgan fingerprint density at radius 2 is 2.07 bits per heavy atom. The van der Waals surface area contributed by atoms with Gasteiger partial charge in [0.1, 0.15) is 11.9 Å². The van der Waals surface area contributed by atoms with E-state index in [2.05, 4.69) is 25.8 Å². The lowest BCUT2D eigenvalue weighted by Gasteiger charge is -2.22. The average Bonchev–Trinajstić information content (AvgIpc) is 3.47. The van der Waals surface area contributed by atoms with Crippen molar-refractivity contribution in [1.29, 1.82) is 0 Å². The highest BCUT2D eigenvalue weighted by Gasteiger charge is 2.49. The van der Waals surface area contributed by atoms with Crippen LogP contribution in [0.1, 0.15) is 18.2 Å². The van der Waals surface area contributed by atoms with Gasteiger partial charge in [0.25, 0.3) is 11.5 Å². The number of tetrazole rings is 1. The van der Waals surface area contributed by atoms with E-state index >= 15 is 0 Å². The lowest BCUT2D eigenvalue weighted by molar-refractivity contribution is -0.131. The maximum absolute atomic E-state index is 13.2. The van der Waals surface area contributed by atoms with Crippen LogP contribution in [-0.4, -0.2) is 46.4 Å². The van der Waals surface area contributed by atoms with E-state index < -0.39 is 17.5 Å². The Balaban J connectivity index is 1.47. The molecule has 0 radical (unpaired) electrons. The van der Waals surface area contributed by atoms with Crippen molar-refractivity contribution < 1.29 is 9.59 Å². The Labute approximate surface area is 172 Å². The lowest BCUT2D eigenvalue weighted by atomic mass is 9.91. The third-order valence-electron chi connectivity index (χ3n) is 4.99. The van der Waals surface area contributed by atoms with Crippen LogP contribution < -0.4 is 10.9 Å². The van der Waals surface area contributed by atoms with Gasteiger partial charge >= 0.3 is 6.03 Å². The largest absolute Gasteiger partial charge is 0.325 e. The van der Waals surface area contributed by atoms with Crippen LogP contribution in [0.3, 0.4) is 0 Å². The van der Waals surface area contributed by atoms with Gasteiger partial charge in [-0.3, -0.25) is 18.9 Å². The zero-order chi connectivity index (χ0) is 20.9. The number of hydrogen-bond acceptors (Lipinski definition) is 8. The first-order valence-electron chi connectivity index (χ1n) is 8.89. The predicted octanol–water partition coefficient (Wildman–Crippen LogP) is 0.699. The zero-order valence-corrected chi connectivity index (χ0v) is 16.4. The molecule has 4 heterocycles. The highest BCUT2D eigenvalue weighted by atomic mass is 32.1. The third kappa shape index (κ3) is 2.76. The number of carbonyl (C=O) groups is 2. The number of nitrogens with one attached hydrogen (secondary N) is 1. The second-order valence-corrected chi connectivity index (χ2v) is 7.77. The summed E-state index contributed by atoms with van der Waals surface area (Å²) in [6.45, 7) is 1.54. The van der Waals surface area contributed by atoms with Gasteiger partial charge < -0.3 is 5.32 Å². The molecule has 5 rings (SSSR count). The molecule has 0 spiro atoms. The van der Waals surface area contributed by atoms with Crippen LogP contribution >= 0.6 is 11.3 Å². The molecule has 0 saturated carbocycles. The van der Waals surface area contributed by atoms with E-state index in [9.17, 15) is 14.4 Å². The molecule has 11 nitrogen and oxygen atoms in total. The lowest BCUT2D eigenvalue weighted by Crippen LogP contribution is -2.41. The molecule has 1 unspecified atom stereocenters. The van der Waals surface area contributed by atoms with Crippen molar-refractivity contribution >= 4 is 28.2 Å². The molecule has 1 aliphatic heterocycles. The Morgan fingerprint density at radius 3 is 2.87 bits per heavy atom. The summed E-state index contributed by atoms with van der Waals surface area (Å²) in [6.07, 6.45) is 3.06. The zero-order valence-electron chi connectivity index (χ0n) is 15.6. The number of imide groups is 1. The van der Waals surface area contributed by atoms with Crippen molar-refractivity contribution in [1.82, 2.24) is 39.8 Å². The first-order chi connectivity index (χ1) is 14.5. The summed E-state index contributed by atoms with van der Waals surface area (Å²) in [7, 11) is 0. The van der Waals surface area contributed by atoms with Gasteiger partial charge in [-0.05, 0) is 35.0 Å². The normalized spacial score (nSPS) is 18.9. The topological polar surface area (TPSA) is 127 Å². The predicted molar refractivity (Wildman–Crippen MR) is 105 cm³/mol. The SMILES string of the molecule is CC1(c2cccc(-n3cnnn3)c2)NC(=O)N(Cc2cc(=O)n3ccsc3n2)C1=O. The van der Waals surface area contributed by atoms with Crippen molar-refractivity contribution in [2.24, 2.45) is 0 Å². The molecule has 3 aromatic heterocycles. The van der Waals surface area contributed by atoms with Gasteiger partial charge in [-0.25, -0.2) is 14.5 Å². The molecule has 12 heteroatoms. The first kappa shape index (κ1) is 18.1. The van der Waals surface area contributed by atoms with Crippen LogP contribution in [0, 0.1) is 0 Å². The van der Waals surface area contributed by atoms with E-state index in [0.29, 0.717) is 21.9 Å². The van der Waals surface area contributed by atoms with Gasteiger partial charge in [-0.15, -0.1) is 16.4 Å². The molecular formula is C18H14N8O3S. The number of rotatable bonds is 4. The number of urea groups is 1. The van der Waals surface area contributed by atoms with Crippen LogP contribution in [0.4, 0.5) is 4.79 Å². The van der Waals surface area contributed by atoms with Crippen molar-refractivity contribution in [2.75, 3.05) is 0 Å². The van der Waals surface area contributed by atoms with E-state index in [1.807, 2.05) is 0 Å². The quantitative estimate of drug-likeness (QED) is 0.480. The Morgan fingerprint density at radius 1 is 1.20 bits per heavy atom. The van der Waals surface area contributed by atoms with Crippen molar-refractivity contribution in [3.8, 4) is 5.69 Å². The smallest absolute Gasteiger partial charge is 0.319 e. The third-order valence-corrected chi connectivity index (χ3v) is 5.74. The number of benzene rings is 1. The van der Waals surface area contributed by atoms with Crippen molar-refractivity contribution in [2.45, 2.75) is 19.0 Å². The minimum Gasteiger partial charge on any atom is -0.319 e. The van der Waals surface area contributed by atoms with Gasteiger partial charge in [0.2, 0.25) is 0 Å². The van der Waals surface area contributed by atoms with E-state index in [4.69, 9.17) is 0 Å². The molecule has 1 aliphatic rings. The minimum absolute atomic E-state index is 0.101. The van der Waals surface area contributed by atoms with Gasteiger partial charge in [0, 0.05) is 17.6 Å². The van der Waals surface area contributed by atoms with E-state index in [-0.39, 0.29) is 12.1 Å². The number of aromatic nitrogens is 6. The molecule has 150 valence electrons. The number of amides is 3. The molecule has 1 fully saturated rings. The highest BCUT2D eigenvalue weighted by Crippen LogP contribution is 2.30. The molecule has 1 saturated heterocycles. The molecular weight excluding hydrogens is 408 g/mol. The number of hydrogen-bond donors (Lipinski definition) is 1. The number of thiazole rings is 1.